The molecule has 0 saturated carbocycles. The van der Waals surface area contributed by atoms with Gasteiger partial charge in [-0.05, 0) is 13.8 Å². The van der Waals surface area contributed by atoms with Gasteiger partial charge in [0, 0.05) is 11.1 Å². The van der Waals surface area contributed by atoms with Gasteiger partial charge in [0.25, 0.3) is 0 Å². The first-order chi connectivity index (χ1) is 6.68. The first-order valence-electron chi connectivity index (χ1n) is 4.35. The Hall–Kier alpha value is -1.36. The van der Waals surface area contributed by atoms with E-state index < -0.39 is 0 Å². The number of rotatable bonds is 2. The molecule has 0 aromatic carbocycles. The van der Waals surface area contributed by atoms with Crippen LogP contribution in [0.3, 0.4) is 0 Å². The smallest absolute Gasteiger partial charge is 0.0826 e. The van der Waals surface area contributed by atoms with E-state index in [-0.39, 0.29) is 0 Å². The number of anilines is 1. The molecule has 2 aromatic heterocycles. The van der Waals surface area contributed by atoms with E-state index in [2.05, 4.69) is 10.1 Å². The largest absolute Gasteiger partial charge is 0.396 e. The number of hydrogen-bond donors (Lipinski definition) is 1. The zero-order chi connectivity index (χ0) is 10.1. The predicted molar refractivity (Wildman–Crippen MR) is 57.3 cm³/mol. The molecule has 0 amide bonds. The molecular weight excluding hydrogens is 196 g/mol. The van der Waals surface area contributed by atoms with Crippen LogP contribution in [-0.2, 0) is 6.54 Å². The van der Waals surface area contributed by atoms with Crippen LogP contribution in [0.25, 0.3) is 0 Å². The van der Waals surface area contributed by atoms with Crippen LogP contribution < -0.4 is 5.73 Å². The van der Waals surface area contributed by atoms with Crippen molar-refractivity contribution in [1.29, 1.82) is 0 Å². The molecule has 0 bridgehead atoms. The highest BCUT2D eigenvalue weighted by Gasteiger charge is 2.08. The Morgan fingerprint density at radius 2 is 2.29 bits per heavy atom. The number of aryl methyl sites for hydroxylation is 1. The van der Waals surface area contributed by atoms with Gasteiger partial charge in [0.2, 0.25) is 0 Å². The molecule has 0 saturated heterocycles. The van der Waals surface area contributed by atoms with Gasteiger partial charge in [-0.2, -0.15) is 5.10 Å². The molecule has 0 aliphatic heterocycles. The van der Waals surface area contributed by atoms with E-state index in [1.165, 1.54) is 4.88 Å². The molecule has 0 fully saturated rings. The summed E-state index contributed by atoms with van der Waals surface area (Å²) in [5.41, 5.74) is 10.4. The van der Waals surface area contributed by atoms with Crippen LogP contribution in [0.2, 0.25) is 0 Å². The Labute approximate surface area is 86.4 Å². The standard InChI is InChI=1S/C9H12N4S/c1-6-9(10)7(2)13(12-6)4-8-3-11-5-14-8/h3,5H,4,10H2,1-2H3. The number of nitrogen functional groups attached to an aromatic ring is 1. The maximum Gasteiger partial charge on any atom is 0.0826 e. The number of thiazole rings is 1. The summed E-state index contributed by atoms with van der Waals surface area (Å²) in [4.78, 5) is 5.21. The summed E-state index contributed by atoms with van der Waals surface area (Å²) in [7, 11) is 0. The Kier molecular flexibility index (Phi) is 2.25. The zero-order valence-corrected chi connectivity index (χ0v) is 9.01. The molecule has 0 aliphatic rings. The molecule has 4 nitrogen and oxygen atoms in total. The van der Waals surface area contributed by atoms with Gasteiger partial charge >= 0.3 is 0 Å². The van der Waals surface area contributed by atoms with E-state index in [9.17, 15) is 0 Å². The fraction of sp³-hybridized carbons (Fsp3) is 0.333. The van der Waals surface area contributed by atoms with Crippen molar-refractivity contribution in [2.45, 2.75) is 20.4 Å². The lowest BCUT2D eigenvalue weighted by Crippen LogP contribution is -2.02. The quantitative estimate of drug-likeness (QED) is 0.815. The van der Waals surface area contributed by atoms with Crippen molar-refractivity contribution >= 4 is 17.0 Å². The lowest BCUT2D eigenvalue weighted by Gasteiger charge is -2.00. The Bertz CT molecular complexity index is 430. The lowest BCUT2D eigenvalue weighted by molar-refractivity contribution is 0.665. The van der Waals surface area contributed by atoms with Crippen LogP contribution in [0.5, 0.6) is 0 Å². The van der Waals surface area contributed by atoms with Crippen molar-refractivity contribution in [3.8, 4) is 0 Å². The van der Waals surface area contributed by atoms with E-state index in [1.54, 1.807) is 11.3 Å². The van der Waals surface area contributed by atoms with Crippen LogP contribution >= 0.6 is 11.3 Å². The summed E-state index contributed by atoms with van der Waals surface area (Å²) in [5.74, 6) is 0. The highest BCUT2D eigenvalue weighted by Crippen LogP contribution is 2.17. The summed E-state index contributed by atoms with van der Waals surface area (Å²) >= 11 is 1.63. The molecule has 0 radical (unpaired) electrons. The second-order valence-corrected chi connectivity index (χ2v) is 4.18. The summed E-state index contributed by atoms with van der Waals surface area (Å²) in [6, 6.07) is 0. The monoisotopic (exact) mass is 208 g/mol. The van der Waals surface area contributed by atoms with Gasteiger partial charge in [0.1, 0.15) is 0 Å². The molecule has 74 valence electrons. The van der Waals surface area contributed by atoms with Gasteiger partial charge in [-0.1, -0.05) is 0 Å². The maximum atomic E-state index is 5.84. The Morgan fingerprint density at radius 3 is 2.79 bits per heavy atom. The van der Waals surface area contributed by atoms with E-state index >= 15 is 0 Å². The summed E-state index contributed by atoms with van der Waals surface area (Å²) in [5, 5.41) is 4.36. The third-order valence-electron chi connectivity index (χ3n) is 2.23. The summed E-state index contributed by atoms with van der Waals surface area (Å²) in [6.45, 7) is 4.66. The van der Waals surface area contributed by atoms with Gasteiger partial charge in [0.15, 0.2) is 0 Å². The first-order valence-corrected chi connectivity index (χ1v) is 5.23. The zero-order valence-electron chi connectivity index (χ0n) is 8.19. The van der Waals surface area contributed by atoms with Crippen molar-refractivity contribution in [3.05, 3.63) is 28.0 Å². The van der Waals surface area contributed by atoms with Gasteiger partial charge < -0.3 is 5.73 Å². The average molecular weight is 208 g/mol. The normalized spacial score (nSPS) is 10.7. The highest BCUT2D eigenvalue weighted by atomic mass is 32.1. The van der Waals surface area contributed by atoms with Crippen molar-refractivity contribution in [2.75, 3.05) is 5.73 Å². The number of nitrogens with zero attached hydrogens (tertiary/aromatic N) is 3. The Morgan fingerprint density at radius 1 is 1.50 bits per heavy atom. The lowest BCUT2D eigenvalue weighted by atomic mass is 10.3. The van der Waals surface area contributed by atoms with Crippen molar-refractivity contribution < 1.29 is 0 Å². The molecule has 14 heavy (non-hydrogen) atoms. The molecule has 2 heterocycles. The second-order valence-electron chi connectivity index (χ2n) is 3.21. The summed E-state index contributed by atoms with van der Waals surface area (Å²) in [6.07, 6.45) is 1.86. The van der Waals surface area contributed by atoms with Crippen molar-refractivity contribution in [1.82, 2.24) is 14.8 Å². The highest BCUT2D eigenvalue weighted by molar-refractivity contribution is 7.09. The molecule has 0 spiro atoms. The van der Waals surface area contributed by atoms with Crippen molar-refractivity contribution in [3.63, 3.8) is 0 Å². The van der Waals surface area contributed by atoms with Crippen LogP contribution in [0, 0.1) is 13.8 Å². The third kappa shape index (κ3) is 1.50. The molecule has 2 N–H and O–H groups in total. The minimum atomic E-state index is 0.758. The SMILES string of the molecule is Cc1nn(Cc2cncs2)c(C)c1N. The molecule has 5 heteroatoms. The van der Waals surface area contributed by atoms with Crippen LogP contribution in [-0.4, -0.2) is 14.8 Å². The third-order valence-corrected chi connectivity index (χ3v) is 2.99. The number of aromatic nitrogens is 3. The second kappa shape index (κ2) is 3.42. The van der Waals surface area contributed by atoms with E-state index in [0.717, 1.165) is 23.6 Å². The van der Waals surface area contributed by atoms with Crippen LogP contribution in [0.1, 0.15) is 16.3 Å². The molecule has 0 aliphatic carbocycles. The summed E-state index contributed by atoms with van der Waals surface area (Å²) < 4.78 is 1.91. The van der Waals surface area contributed by atoms with Gasteiger partial charge in [0.05, 0.1) is 29.1 Å². The Balaban J connectivity index is 2.30. The van der Waals surface area contributed by atoms with E-state index in [4.69, 9.17) is 5.73 Å². The maximum absolute atomic E-state index is 5.84. The van der Waals surface area contributed by atoms with Gasteiger partial charge in [-0.3, -0.25) is 9.67 Å². The molecule has 2 rings (SSSR count). The predicted octanol–water partition coefficient (Wildman–Crippen LogP) is 1.59. The van der Waals surface area contributed by atoms with Crippen LogP contribution in [0.4, 0.5) is 5.69 Å². The molecule has 2 aromatic rings. The molecule has 0 atom stereocenters. The molecule has 0 unspecified atom stereocenters. The topological polar surface area (TPSA) is 56.7 Å². The fourth-order valence-corrected chi connectivity index (χ4v) is 1.91. The van der Waals surface area contributed by atoms with Gasteiger partial charge in [-0.15, -0.1) is 11.3 Å². The minimum absolute atomic E-state index is 0.758. The van der Waals surface area contributed by atoms with E-state index in [1.807, 2.05) is 30.2 Å². The fourth-order valence-electron chi connectivity index (χ4n) is 1.33. The number of nitrogens with two attached hydrogens (primary N) is 1. The van der Waals surface area contributed by atoms with Gasteiger partial charge in [-0.25, -0.2) is 0 Å². The number of hydrogen-bond acceptors (Lipinski definition) is 4. The first kappa shape index (κ1) is 9.21. The van der Waals surface area contributed by atoms with Crippen LogP contribution in [0.15, 0.2) is 11.7 Å². The minimum Gasteiger partial charge on any atom is -0.396 e. The average Bonchev–Trinajstić information content (AvgIpc) is 2.73. The van der Waals surface area contributed by atoms with Crippen molar-refractivity contribution in [2.24, 2.45) is 0 Å². The van der Waals surface area contributed by atoms with E-state index in [0.29, 0.717) is 0 Å². The molecular formula is C9H12N4S.